The van der Waals surface area contributed by atoms with E-state index in [-0.39, 0.29) is 30.8 Å². The smallest absolute Gasteiger partial charge is 0.246 e. The van der Waals surface area contributed by atoms with Crippen LogP contribution in [-0.2, 0) is 16.0 Å². The average molecular weight is 406 g/mol. The molecule has 5 N–H and O–H groups in total. The van der Waals surface area contributed by atoms with Crippen LogP contribution in [0.25, 0.3) is 0 Å². The Kier molecular flexibility index (Phi) is 9.83. The number of aryl methyl sites for hydroxylation is 1. The van der Waals surface area contributed by atoms with Crippen LogP contribution in [0.5, 0.6) is 0 Å². The Morgan fingerprint density at radius 2 is 1.93 bits per heavy atom. The summed E-state index contributed by atoms with van der Waals surface area (Å²) in [5, 5.41) is 16.9. The van der Waals surface area contributed by atoms with Gasteiger partial charge in [-0.25, -0.2) is 10.4 Å². The Labute approximate surface area is 168 Å². The summed E-state index contributed by atoms with van der Waals surface area (Å²) in [5.74, 6) is -0.494. The number of anilines is 2. The number of rotatable bonds is 6. The first-order valence-electron chi connectivity index (χ1n) is 8.72. The Hall–Kier alpha value is -2.78. The van der Waals surface area contributed by atoms with Gasteiger partial charge in [-0.05, 0) is 39.3 Å². The zero-order valence-corrected chi connectivity index (χ0v) is 17.3. The van der Waals surface area contributed by atoms with Crippen molar-refractivity contribution in [2.75, 3.05) is 11.1 Å². The van der Waals surface area contributed by atoms with E-state index in [4.69, 9.17) is 10.8 Å². The molecule has 152 valence electrons. The largest absolute Gasteiger partial charge is 0.394 e. The van der Waals surface area contributed by atoms with Crippen LogP contribution in [0, 0.1) is 6.92 Å². The summed E-state index contributed by atoms with van der Waals surface area (Å²) in [5.41, 5.74) is 10.8. The summed E-state index contributed by atoms with van der Waals surface area (Å²) in [6.07, 6.45) is 0.0259. The molecule has 0 saturated carbocycles. The summed E-state index contributed by atoms with van der Waals surface area (Å²) >= 11 is 1.28. The minimum absolute atomic E-state index is 0.0955. The fourth-order valence-corrected chi connectivity index (χ4v) is 2.51. The number of nitrogen functional groups attached to an aromatic ring is 1. The topological polar surface area (TPSA) is 130 Å². The fourth-order valence-electron chi connectivity index (χ4n) is 1.95. The summed E-state index contributed by atoms with van der Waals surface area (Å²) in [7, 11) is 0. The number of amides is 2. The number of thiazole rings is 1. The van der Waals surface area contributed by atoms with E-state index in [1.165, 1.54) is 11.3 Å². The predicted octanol–water partition coefficient (Wildman–Crippen LogP) is 2.48. The number of carbonyl (C=O) groups is 2. The number of hydrogen-bond donors (Lipinski definition) is 4. The molecule has 0 spiro atoms. The Balaban J connectivity index is 0.000000892. The Morgan fingerprint density at radius 1 is 1.29 bits per heavy atom. The van der Waals surface area contributed by atoms with Crippen molar-refractivity contribution in [1.29, 1.82) is 0 Å². The number of nitrogens with two attached hydrogens (primary N) is 1. The molecule has 28 heavy (non-hydrogen) atoms. The third kappa shape index (κ3) is 9.79. The van der Waals surface area contributed by atoms with Gasteiger partial charge in [-0.15, -0.1) is 11.3 Å². The van der Waals surface area contributed by atoms with Crippen LogP contribution in [0.1, 0.15) is 38.4 Å². The summed E-state index contributed by atoms with van der Waals surface area (Å²) < 4.78 is 0. The van der Waals surface area contributed by atoms with Crippen LogP contribution in [-0.4, -0.2) is 33.7 Å². The van der Waals surface area contributed by atoms with E-state index in [0.29, 0.717) is 16.5 Å². The van der Waals surface area contributed by atoms with Gasteiger partial charge in [0.15, 0.2) is 5.13 Å². The normalized spacial score (nSPS) is 10.9. The van der Waals surface area contributed by atoms with E-state index < -0.39 is 0 Å². The summed E-state index contributed by atoms with van der Waals surface area (Å²) in [6, 6.07) is 7.52. The molecular weight excluding hydrogens is 378 g/mol. The quantitative estimate of drug-likeness (QED) is 0.433. The second-order valence-electron chi connectivity index (χ2n) is 6.37. The number of hydrazone groups is 1. The molecule has 0 radical (unpaired) electrons. The molecule has 0 aliphatic heterocycles. The van der Waals surface area contributed by atoms with Crippen molar-refractivity contribution in [3.05, 3.63) is 40.9 Å². The van der Waals surface area contributed by atoms with E-state index in [0.717, 1.165) is 11.3 Å². The first kappa shape index (κ1) is 23.3. The van der Waals surface area contributed by atoms with E-state index in [2.05, 4.69) is 20.8 Å². The molecular formula is C19H27N5O3S. The lowest BCUT2D eigenvalue weighted by Gasteiger charge is -2.08. The van der Waals surface area contributed by atoms with Crippen LogP contribution in [0.4, 0.5) is 10.8 Å². The van der Waals surface area contributed by atoms with Crippen LogP contribution in [0.3, 0.4) is 0 Å². The van der Waals surface area contributed by atoms with Gasteiger partial charge in [0.1, 0.15) is 0 Å². The third-order valence-corrected chi connectivity index (χ3v) is 3.84. The number of nitrogens with one attached hydrogen (secondary N) is 2. The number of hydrogen-bond acceptors (Lipinski definition) is 7. The van der Waals surface area contributed by atoms with Crippen molar-refractivity contribution in [2.45, 2.75) is 46.6 Å². The Morgan fingerprint density at radius 3 is 2.50 bits per heavy atom. The monoisotopic (exact) mass is 405 g/mol. The minimum atomic E-state index is -0.307. The van der Waals surface area contributed by atoms with Crippen molar-refractivity contribution in [2.24, 2.45) is 5.10 Å². The second kappa shape index (κ2) is 11.8. The molecule has 0 atom stereocenters. The molecule has 0 fully saturated rings. The molecule has 0 unspecified atom stereocenters. The molecule has 0 bridgehead atoms. The van der Waals surface area contributed by atoms with Gasteiger partial charge in [-0.2, -0.15) is 5.10 Å². The van der Waals surface area contributed by atoms with Gasteiger partial charge < -0.3 is 16.2 Å². The summed E-state index contributed by atoms with van der Waals surface area (Å²) in [4.78, 5) is 27.7. The zero-order valence-electron chi connectivity index (χ0n) is 16.5. The van der Waals surface area contributed by atoms with Crippen molar-refractivity contribution < 1.29 is 14.7 Å². The van der Waals surface area contributed by atoms with Crippen LogP contribution in [0.2, 0.25) is 0 Å². The number of carbonyl (C=O) groups excluding carboxylic acids is 2. The highest BCUT2D eigenvalue weighted by Gasteiger charge is 2.08. The number of nitrogens with zero attached hydrogens (tertiary/aromatic N) is 2. The SMILES string of the molecule is CC(C)O.CC(CC(=O)Nc1ccccc1C)=NNC(=O)Cc1csc(N)n1. The first-order chi connectivity index (χ1) is 13.2. The lowest BCUT2D eigenvalue weighted by atomic mass is 10.2. The lowest BCUT2D eigenvalue weighted by Crippen LogP contribution is -2.23. The number of aromatic nitrogens is 1. The molecule has 8 nitrogen and oxygen atoms in total. The molecule has 0 aliphatic rings. The molecule has 2 amide bonds. The van der Waals surface area contributed by atoms with Gasteiger partial charge >= 0.3 is 0 Å². The number of aliphatic hydroxyl groups excluding tert-OH is 1. The average Bonchev–Trinajstić information content (AvgIpc) is 2.99. The van der Waals surface area contributed by atoms with Gasteiger partial charge in [-0.3, -0.25) is 9.59 Å². The molecule has 0 aliphatic carbocycles. The molecule has 0 saturated heterocycles. The second-order valence-corrected chi connectivity index (χ2v) is 7.26. The highest BCUT2D eigenvalue weighted by molar-refractivity contribution is 7.13. The lowest BCUT2D eigenvalue weighted by molar-refractivity contribution is -0.120. The number of benzene rings is 1. The van der Waals surface area contributed by atoms with Gasteiger partial charge in [0, 0.05) is 22.9 Å². The molecule has 1 aromatic carbocycles. The number of aliphatic hydroxyl groups is 1. The zero-order chi connectivity index (χ0) is 21.1. The predicted molar refractivity (Wildman–Crippen MR) is 113 cm³/mol. The maximum Gasteiger partial charge on any atom is 0.246 e. The fraction of sp³-hybridized carbons (Fsp3) is 0.368. The maximum atomic E-state index is 12.0. The van der Waals surface area contributed by atoms with Crippen LogP contribution >= 0.6 is 11.3 Å². The molecule has 2 aromatic rings. The van der Waals surface area contributed by atoms with Gasteiger partial charge in [-0.1, -0.05) is 18.2 Å². The van der Waals surface area contributed by atoms with Crippen molar-refractivity contribution >= 4 is 39.7 Å². The third-order valence-electron chi connectivity index (χ3n) is 3.12. The van der Waals surface area contributed by atoms with Crippen molar-refractivity contribution in [1.82, 2.24) is 10.4 Å². The molecule has 9 heteroatoms. The molecule has 2 rings (SSSR count). The maximum absolute atomic E-state index is 12.0. The minimum Gasteiger partial charge on any atom is -0.394 e. The van der Waals surface area contributed by atoms with Crippen molar-refractivity contribution in [3.63, 3.8) is 0 Å². The first-order valence-corrected chi connectivity index (χ1v) is 9.60. The van der Waals surface area contributed by atoms with Crippen LogP contribution in [0.15, 0.2) is 34.7 Å². The van der Waals surface area contributed by atoms with Crippen LogP contribution < -0.4 is 16.5 Å². The highest BCUT2D eigenvalue weighted by Crippen LogP contribution is 2.13. The van der Waals surface area contributed by atoms with Gasteiger partial charge in [0.05, 0.1) is 18.5 Å². The highest BCUT2D eigenvalue weighted by atomic mass is 32.1. The van der Waals surface area contributed by atoms with Crippen molar-refractivity contribution in [3.8, 4) is 0 Å². The van der Waals surface area contributed by atoms with E-state index >= 15 is 0 Å². The van der Waals surface area contributed by atoms with E-state index in [9.17, 15) is 9.59 Å². The van der Waals surface area contributed by atoms with Gasteiger partial charge in [0.25, 0.3) is 0 Å². The van der Waals surface area contributed by atoms with Gasteiger partial charge in [0.2, 0.25) is 11.8 Å². The molecule has 1 aromatic heterocycles. The number of para-hydroxylation sites is 1. The Bertz CT molecular complexity index is 815. The van der Waals surface area contributed by atoms with E-state index in [1.54, 1.807) is 26.2 Å². The molecule has 1 heterocycles. The summed E-state index contributed by atoms with van der Waals surface area (Å²) in [6.45, 7) is 7.04. The van der Waals surface area contributed by atoms with E-state index in [1.807, 2.05) is 31.2 Å². The standard InChI is InChI=1S/C16H19N5O2S.C3H8O/c1-10-5-3-4-6-13(10)19-14(22)7-11(2)20-21-15(23)8-12-9-24-16(17)18-12;1-3(2)4/h3-6,9H,7-8H2,1-2H3,(H2,17,18)(H,19,22)(H,21,23);3-4H,1-2H3.